The minimum atomic E-state index is -4.38. The van der Waals surface area contributed by atoms with E-state index in [4.69, 9.17) is 0 Å². The molecule has 0 aliphatic carbocycles. The maximum atomic E-state index is 13.0. The van der Waals surface area contributed by atoms with Crippen LogP contribution in [0.15, 0.2) is 65.5 Å². The number of carbonyl (C=O) groups is 1. The summed E-state index contributed by atoms with van der Waals surface area (Å²) in [5.41, 5.74) is 2.36. The minimum absolute atomic E-state index is 0.0311. The van der Waals surface area contributed by atoms with Crippen LogP contribution in [0.4, 0.5) is 18.9 Å². The Labute approximate surface area is 201 Å². The number of aryl methyl sites for hydroxylation is 2. The third kappa shape index (κ3) is 6.09. The van der Waals surface area contributed by atoms with Crippen LogP contribution < -0.4 is 10.5 Å². The zero-order valence-electron chi connectivity index (χ0n) is 19.5. The van der Waals surface area contributed by atoms with E-state index >= 15 is 0 Å². The molecule has 0 radical (unpaired) electrons. The van der Waals surface area contributed by atoms with Crippen LogP contribution in [0.2, 0.25) is 0 Å². The molecule has 2 heterocycles. The monoisotopic (exact) mass is 484 g/mol. The van der Waals surface area contributed by atoms with Crippen molar-refractivity contribution in [3.63, 3.8) is 0 Å². The van der Waals surface area contributed by atoms with E-state index in [0.29, 0.717) is 50.5 Å². The van der Waals surface area contributed by atoms with Gasteiger partial charge in [0.05, 0.1) is 11.3 Å². The molecule has 6 nitrogen and oxygen atoms in total. The van der Waals surface area contributed by atoms with Crippen LogP contribution >= 0.6 is 0 Å². The molecule has 1 saturated heterocycles. The summed E-state index contributed by atoms with van der Waals surface area (Å²) in [5.74, 6) is -0.0311. The van der Waals surface area contributed by atoms with Crippen molar-refractivity contribution < 1.29 is 18.0 Å². The minimum Gasteiger partial charge on any atom is -0.368 e. The molecular weight excluding hydrogens is 457 g/mol. The maximum Gasteiger partial charge on any atom is 0.416 e. The van der Waals surface area contributed by atoms with Crippen LogP contribution in [0.5, 0.6) is 0 Å². The number of carbonyl (C=O) groups excluding carboxylic acids is 1. The fourth-order valence-corrected chi connectivity index (χ4v) is 4.12. The summed E-state index contributed by atoms with van der Waals surface area (Å²) in [6, 6.07) is 16.3. The normalized spacial score (nSPS) is 14.3. The van der Waals surface area contributed by atoms with Crippen LogP contribution in [0, 0.1) is 6.92 Å². The van der Waals surface area contributed by atoms with Crippen molar-refractivity contribution in [1.29, 1.82) is 0 Å². The smallest absolute Gasteiger partial charge is 0.368 e. The number of amides is 1. The molecule has 1 amide bonds. The Hall–Kier alpha value is -3.62. The second kappa shape index (κ2) is 10.3. The molecule has 2 aromatic carbocycles. The Kier molecular flexibility index (Phi) is 7.23. The zero-order chi connectivity index (χ0) is 25.0. The topological polar surface area (TPSA) is 58.4 Å². The lowest BCUT2D eigenvalue weighted by atomic mass is 10.1. The molecular formula is C26H27F3N4O2. The van der Waals surface area contributed by atoms with Gasteiger partial charge in [0, 0.05) is 56.5 Å². The van der Waals surface area contributed by atoms with Gasteiger partial charge in [-0.15, -0.1) is 0 Å². The van der Waals surface area contributed by atoms with Gasteiger partial charge in [0.25, 0.3) is 5.56 Å². The Morgan fingerprint density at radius 1 is 0.971 bits per heavy atom. The molecule has 1 aliphatic rings. The summed E-state index contributed by atoms with van der Waals surface area (Å²) in [6.45, 7) is 4.14. The number of aromatic nitrogens is 2. The molecule has 184 valence electrons. The summed E-state index contributed by atoms with van der Waals surface area (Å²) in [7, 11) is 0. The molecule has 35 heavy (non-hydrogen) atoms. The fourth-order valence-electron chi connectivity index (χ4n) is 4.12. The highest BCUT2D eigenvalue weighted by molar-refractivity contribution is 5.76. The van der Waals surface area contributed by atoms with Gasteiger partial charge in [0.2, 0.25) is 5.91 Å². The predicted molar refractivity (Wildman–Crippen MR) is 128 cm³/mol. The van der Waals surface area contributed by atoms with Crippen LogP contribution in [-0.4, -0.2) is 46.8 Å². The largest absolute Gasteiger partial charge is 0.416 e. The highest BCUT2D eigenvalue weighted by atomic mass is 19.4. The van der Waals surface area contributed by atoms with Crippen molar-refractivity contribution in [3.8, 4) is 11.3 Å². The molecule has 0 bridgehead atoms. The molecule has 1 aliphatic heterocycles. The number of hydrogen-bond donors (Lipinski definition) is 0. The highest BCUT2D eigenvalue weighted by Crippen LogP contribution is 2.32. The third-order valence-electron chi connectivity index (χ3n) is 6.15. The van der Waals surface area contributed by atoms with E-state index in [0.717, 1.165) is 23.3 Å². The number of hydrogen-bond acceptors (Lipinski definition) is 4. The summed E-state index contributed by atoms with van der Waals surface area (Å²) in [4.78, 5) is 28.5. The quantitative estimate of drug-likeness (QED) is 0.522. The van der Waals surface area contributed by atoms with Gasteiger partial charge in [-0.3, -0.25) is 9.59 Å². The Morgan fingerprint density at radius 2 is 1.69 bits per heavy atom. The van der Waals surface area contributed by atoms with Crippen molar-refractivity contribution in [2.75, 3.05) is 31.1 Å². The molecule has 0 atom stereocenters. The van der Waals surface area contributed by atoms with Crippen molar-refractivity contribution in [3.05, 3.63) is 82.1 Å². The summed E-state index contributed by atoms with van der Waals surface area (Å²) in [5, 5.41) is 4.44. The van der Waals surface area contributed by atoms with Gasteiger partial charge in [0.1, 0.15) is 0 Å². The second-order valence-corrected chi connectivity index (χ2v) is 8.67. The van der Waals surface area contributed by atoms with Crippen molar-refractivity contribution in [2.45, 2.75) is 32.5 Å². The first-order valence-electron chi connectivity index (χ1n) is 11.6. The van der Waals surface area contributed by atoms with Crippen molar-refractivity contribution in [1.82, 2.24) is 14.7 Å². The molecule has 1 aromatic heterocycles. The van der Waals surface area contributed by atoms with Crippen molar-refractivity contribution >= 4 is 11.6 Å². The fraction of sp³-hybridized carbons (Fsp3) is 0.346. The van der Waals surface area contributed by atoms with E-state index in [9.17, 15) is 22.8 Å². The van der Waals surface area contributed by atoms with E-state index in [1.807, 2.05) is 36.1 Å². The number of anilines is 1. The first kappa shape index (κ1) is 24.5. The lowest BCUT2D eigenvalue weighted by molar-refractivity contribution is -0.137. The van der Waals surface area contributed by atoms with Gasteiger partial charge in [-0.25, -0.2) is 4.68 Å². The summed E-state index contributed by atoms with van der Waals surface area (Å²) >= 11 is 0. The predicted octanol–water partition coefficient (Wildman–Crippen LogP) is 4.37. The first-order valence-corrected chi connectivity index (χ1v) is 11.6. The molecule has 9 heteroatoms. The van der Waals surface area contributed by atoms with Crippen LogP contribution in [0.1, 0.15) is 24.0 Å². The average Bonchev–Trinajstić information content (AvgIpc) is 2.85. The molecule has 3 aromatic rings. The summed E-state index contributed by atoms with van der Waals surface area (Å²) in [6.07, 6.45) is -3.65. The zero-order valence-corrected chi connectivity index (χ0v) is 19.5. The lowest BCUT2D eigenvalue weighted by Crippen LogP contribution is -2.48. The number of alkyl halides is 3. The van der Waals surface area contributed by atoms with Gasteiger partial charge in [-0.05, 0) is 37.6 Å². The van der Waals surface area contributed by atoms with Gasteiger partial charge >= 0.3 is 6.18 Å². The van der Waals surface area contributed by atoms with Gasteiger partial charge in [-0.2, -0.15) is 18.3 Å². The van der Waals surface area contributed by atoms with Gasteiger partial charge in [-0.1, -0.05) is 35.9 Å². The molecule has 0 unspecified atom stereocenters. The van der Waals surface area contributed by atoms with Gasteiger partial charge in [0.15, 0.2) is 0 Å². The molecule has 1 fully saturated rings. The second-order valence-electron chi connectivity index (χ2n) is 8.67. The third-order valence-corrected chi connectivity index (χ3v) is 6.15. The maximum absolute atomic E-state index is 13.0. The van der Waals surface area contributed by atoms with E-state index in [2.05, 4.69) is 5.10 Å². The van der Waals surface area contributed by atoms with E-state index in [1.54, 1.807) is 17.0 Å². The SMILES string of the molecule is Cc1ccc(-c2ccc(=O)n(CCCC(=O)N3CCN(c4cccc(C(F)(F)F)c4)CC3)n2)cc1. The molecule has 4 rings (SSSR count). The average molecular weight is 485 g/mol. The van der Waals surface area contributed by atoms with E-state index in [1.165, 1.54) is 16.8 Å². The molecule has 0 spiro atoms. The Morgan fingerprint density at radius 3 is 2.37 bits per heavy atom. The van der Waals surface area contributed by atoms with Crippen LogP contribution in [0.3, 0.4) is 0 Å². The molecule has 0 saturated carbocycles. The van der Waals surface area contributed by atoms with Gasteiger partial charge < -0.3 is 9.80 Å². The summed E-state index contributed by atoms with van der Waals surface area (Å²) < 4.78 is 40.4. The number of nitrogens with zero attached hydrogens (tertiary/aromatic N) is 4. The number of piperazine rings is 1. The number of benzene rings is 2. The highest BCUT2D eigenvalue weighted by Gasteiger charge is 2.31. The first-order chi connectivity index (χ1) is 16.7. The number of halogens is 3. The van der Waals surface area contributed by atoms with E-state index < -0.39 is 11.7 Å². The number of rotatable bonds is 6. The lowest BCUT2D eigenvalue weighted by Gasteiger charge is -2.36. The van der Waals surface area contributed by atoms with Crippen LogP contribution in [0.25, 0.3) is 11.3 Å². The standard InChI is InChI=1S/C26H27F3N4O2/c1-19-7-9-20(10-8-19)23-11-12-25(35)33(30-23)13-3-6-24(34)32-16-14-31(15-17-32)22-5-2-4-21(18-22)26(27,28)29/h2,4-5,7-12,18H,3,6,13-17H2,1H3. The Bertz CT molecular complexity index is 1230. The molecule has 0 N–H and O–H groups in total. The van der Waals surface area contributed by atoms with Crippen molar-refractivity contribution in [2.24, 2.45) is 0 Å². The van der Waals surface area contributed by atoms with Crippen LogP contribution in [-0.2, 0) is 17.5 Å². The van der Waals surface area contributed by atoms with E-state index in [-0.39, 0.29) is 17.9 Å². The Balaban J connectivity index is 1.29.